The fourth-order valence-electron chi connectivity index (χ4n) is 4.53. The first kappa shape index (κ1) is 131. The molecule has 0 radical (unpaired) electrons. The molecule has 0 nitrogen and oxygen atoms in total. The first-order chi connectivity index (χ1) is 51.6. The summed E-state index contributed by atoms with van der Waals surface area (Å²) in [6.45, 7) is 62.1. The zero-order valence-electron chi connectivity index (χ0n) is 83.1. The molecule has 0 N–H and O–H groups in total. The van der Waals surface area contributed by atoms with E-state index in [2.05, 4.69) is 83.1 Å². The van der Waals surface area contributed by atoms with E-state index in [9.17, 15) is 119 Å². The monoisotopic (exact) mass is 1720 g/mol. The second-order valence-electron chi connectivity index (χ2n) is 30.6. The quantitative estimate of drug-likeness (QED) is 0.127. The van der Waals surface area contributed by atoms with Crippen LogP contribution < -0.4 is 0 Å². The number of alkyl halides is 27. The lowest BCUT2D eigenvalue weighted by molar-refractivity contribution is -0.327. The summed E-state index contributed by atoms with van der Waals surface area (Å²) >= 11 is 0. The Hall–Kier alpha value is -1.89. The van der Waals surface area contributed by atoms with Gasteiger partial charge in [0.05, 0.1) is 11.3 Å². The Kier molecular flexibility index (Phi) is 102. The highest BCUT2D eigenvalue weighted by Gasteiger charge is 2.64. The zero-order chi connectivity index (χ0) is 99.8. The Morgan fingerprint density at radius 3 is 0.634 bits per heavy atom. The fourth-order valence-corrected chi connectivity index (χ4v) is 4.53. The van der Waals surface area contributed by atoms with Crippen molar-refractivity contribution in [3.8, 4) is 0 Å². The van der Waals surface area contributed by atoms with Crippen LogP contribution >= 0.6 is 0 Å². The summed E-state index contributed by atoms with van der Waals surface area (Å²) in [5.74, 6) is -3.79. The molecule has 0 amide bonds. The Bertz CT molecular complexity index is 1860. The number of unbranched alkanes of at least 4 members (excludes halogenated alkanes) is 5. The highest BCUT2D eigenvalue weighted by molar-refractivity contribution is 4.84. The van der Waals surface area contributed by atoms with Gasteiger partial charge in [-0.1, -0.05) is 384 Å². The average Bonchev–Trinajstić information content (AvgIpc) is 0.862. The van der Waals surface area contributed by atoms with Gasteiger partial charge < -0.3 is 0 Å². The Morgan fingerprint density at radius 2 is 0.571 bits per heavy atom. The SMILES string of the molecule is CC.CC(C)(C(F)(F)F)C(F)(F)F.CC(C)(C)C(F)(F)F.CC(C)C.CC(C)C(F)(F)F.CCC.CCC(C)C.CCC(C)C(F)(F)F.CCCC.CCCCC.CCCCCC(F)(F)F.CC[C@H](C)CC(F)(F)F.CC[C@H](C)CC(F)(F)F.[2H]C(C)(C)C.[2H]C(C)(C)C(F)(F)F.[2H]C([2H])(C)CC.[2H]C1(C)CCCC1.[2H]C1(C)CCCCC1. The molecule has 0 aromatic heterocycles. The highest BCUT2D eigenvalue weighted by Crippen LogP contribution is 2.49. The lowest BCUT2D eigenvalue weighted by Gasteiger charge is -2.29. The predicted octanol–water partition coefficient (Wildman–Crippen LogP) is 40.2. The van der Waals surface area contributed by atoms with Crippen LogP contribution in [0.1, 0.15) is 438 Å². The van der Waals surface area contributed by atoms with Gasteiger partial charge in [0.15, 0.2) is 5.41 Å². The summed E-state index contributed by atoms with van der Waals surface area (Å²) in [5.41, 5.74) is -5.19. The van der Waals surface area contributed by atoms with Gasteiger partial charge in [0.1, 0.15) is 0 Å². The normalized spacial score (nSPS) is 15.6. The first-order valence-electron chi connectivity index (χ1n) is 43.2. The van der Waals surface area contributed by atoms with Crippen molar-refractivity contribution in [1.82, 2.24) is 0 Å². The minimum absolute atomic E-state index is 0.0556. The van der Waals surface area contributed by atoms with E-state index >= 15 is 0 Å². The van der Waals surface area contributed by atoms with Crippen molar-refractivity contribution in [2.45, 2.75) is 485 Å². The van der Waals surface area contributed by atoms with Gasteiger partial charge in [0, 0.05) is 39.3 Å². The Labute approximate surface area is 679 Å². The molecule has 0 bridgehead atoms. The molecule has 2 fully saturated rings. The minimum Gasteiger partial charge on any atom is -0.171 e. The molecule has 1 unspecified atom stereocenters. The Balaban J connectivity index is -0.0000000673. The maximum Gasteiger partial charge on any atom is 0.402 e. The van der Waals surface area contributed by atoms with E-state index in [1.165, 1.54) is 90.9 Å². The molecular weight excluding hydrogens is 1530 g/mol. The molecule has 2 aliphatic rings. The molecule has 3 atom stereocenters. The maximum absolute atomic E-state index is 11.6. The van der Waals surface area contributed by atoms with Crippen molar-refractivity contribution in [3.05, 3.63) is 0 Å². The number of halogens is 27. The molecule has 2 rings (SSSR count). The van der Waals surface area contributed by atoms with Gasteiger partial charge in [-0.25, -0.2) is 0 Å². The molecule has 704 valence electrons. The topological polar surface area (TPSA) is 0 Å². The number of rotatable bonds is 13. The predicted molar refractivity (Wildman–Crippen MR) is 429 cm³/mol. The molecule has 0 heterocycles. The largest absolute Gasteiger partial charge is 0.402 e. The van der Waals surface area contributed by atoms with Gasteiger partial charge in [-0.3, -0.25) is 0 Å². The lowest BCUT2D eigenvalue weighted by atomic mass is 9.91. The minimum atomic E-state index is -5.24. The van der Waals surface area contributed by atoms with Crippen LogP contribution in [0.3, 0.4) is 0 Å². The van der Waals surface area contributed by atoms with Crippen LogP contribution in [-0.4, -0.2) is 55.6 Å². The van der Waals surface area contributed by atoms with Gasteiger partial charge in [-0.05, 0) is 68.0 Å². The summed E-state index contributed by atoms with van der Waals surface area (Å²) < 4.78 is 352. The Morgan fingerprint density at radius 1 is 0.348 bits per heavy atom. The summed E-state index contributed by atoms with van der Waals surface area (Å²) in [7, 11) is 0. The molecule has 0 aromatic carbocycles. The van der Waals surface area contributed by atoms with Crippen LogP contribution in [-0.2, 0) is 0 Å². The van der Waals surface area contributed by atoms with E-state index in [1.54, 1.807) is 34.6 Å². The third-order valence-corrected chi connectivity index (χ3v) is 13.8. The molecule has 0 aliphatic heterocycles. The van der Waals surface area contributed by atoms with E-state index in [0.717, 1.165) is 92.4 Å². The van der Waals surface area contributed by atoms with E-state index in [4.69, 9.17) is 8.22 Å². The molecule has 2 aliphatic carbocycles. The third-order valence-electron chi connectivity index (χ3n) is 13.8. The summed E-state index contributed by atoms with van der Waals surface area (Å²) in [6, 6.07) is 0. The molecule has 27 heteroatoms. The standard InChI is InChI=1S/C7H14.3C6H11F3.C6H12.C5H6F6.2C5H9F3.2C5H12.2C4H7F3.4C4H10.C3H8.C2H6/c1-7-5-3-2-4-6-7;2*1-3-5(2)4-6(7,8)9;1-2-3-4-5-6(7,8)9;1-6-4-2-3-5-6;1-3(2,4(6,7)8)5(9,10)11;1-4(2,3)5(6,7)8;1-3-4(2)5(6,7)8;1-4-5(2)3;1-3-5-4-2;2*1-3(2)4(5,6)7;2*1-4(2)3;2*1-3-4-2;1-3-2;1-2/h7H,2-6H2,1H3;2*5H,3-4H2,1-2H3;2-5H2,1H3;6H,2-5H2,1H3;1-2H3;1-3H3;4H,3H2,1-2H3;5H,4H2,1-3H3;3-5H2,1-2H3;2*3H,1-2H3;2*4H,1-3H3;2*3-4H2,1-2H3;3H2,1-2H3;1-2H3/t;2*5-;;;;;;;;;;;;;;;/m.00.............../s1/i7D;;;;6D;;;;;;3D;;4D;;3D2;;;. The van der Waals surface area contributed by atoms with Gasteiger partial charge in [0.2, 0.25) is 0 Å². The highest BCUT2D eigenvalue weighted by atomic mass is 19.4. The average molecular weight is 1720 g/mol. The van der Waals surface area contributed by atoms with Crippen molar-refractivity contribution >= 4 is 0 Å². The van der Waals surface area contributed by atoms with Crippen molar-refractivity contribution in [2.75, 3.05) is 0 Å². The molecule has 2 saturated carbocycles. The van der Waals surface area contributed by atoms with Crippen molar-refractivity contribution in [2.24, 2.45) is 69.9 Å². The van der Waals surface area contributed by atoms with Crippen LogP contribution in [0.5, 0.6) is 0 Å². The van der Waals surface area contributed by atoms with Crippen LogP contribution in [0.25, 0.3) is 0 Å². The van der Waals surface area contributed by atoms with Gasteiger partial charge in [0.25, 0.3) is 0 Å². The molecule has 0 spiro atoms. The second-order valence-corrected chi connectivity index (χ2v) is 30.6. The van der Waals surface area contributed by atoms with Crippen LogP contribution in [0.15, 0.2) is 0 Å². The van der Waals surface area contributed by atoms with Gasteiger partial charge in [-0.2, -0.15) is 119 Å². The zero-order valence-corrected chi connectivity index (χ0v) is 77.1. The van der Waals surface area contributed by atoms with E-state index in [-0.39, 0.29) is 56.2 Å². The molecule has 112 heavy (non-hydrogen) atoms. The summed E-state index contributed by atoms with van der Waals surface area (Å²) in [5, 5.41) is 0. The third kappa shape index (κ3) is 167. The smallest absolute Gasteiger partial charge is 0.171 e. The van der Waals surface area contributed by atoms with Crippen LogP contribution in [0.4, 0.5) is 119 Å². The van der Waals surface area contributed by atoms with Crippen LogP contribution in [0.2, 0.25) is 0 Å². The summed E-state index contributed by atoms with van der Waals surface area (Å²) in [6.07, 6.45) is -17.7. The first-order valence-corrected chi connectivity index (χ1v) is 40.2. The van der Waals surface area contributed by atoms with E-state index in [1.807, 2.05) is 62.3 Å². The van der Waals surface area contributed by atoms with Crippen molar-refractivity contribution in [1.29, 1.82) is 0 Å². The van der Waals surface area contributed by atoms with Gasteiger partial charge in [-0.15, -0.1) is 0 Å². The lowest BCUT2D eigenvalue weighted by Crippen LogP contribution is -2.44. The second kappa shape index (κ2) is 86.9. The van der Waals surface area contributed by atoms with Crippen molar-refractivity contribution < 1.29 is 127 Å². The molecule has 0 saturated heterocycles. The molecule has 0 aromatic rings. The van der Waals surface area contributed by atoms with E-state index < -0.39 is 110 Å². The number of hydrogen-bond donors (Lipinski definition) is 0. The van der Waals surface area contributed by atoms with E-state index in [0.29, 0.717) is 25.7 Å². The van der Waals surface area contributed by atoms with Crippen LogP contribution in [0, 0.1) is 69.9 Å². The molecular formula is C85H175F27. The maximum atomic E-state index is 11.6. The fraction of sp³-hybridized carbons (Fsp3) is 1.00. The number of hydrogen-bond acceptors (Lipinski definition) is 0. The van der Waals surface area contributed by atoms with Crippen molar-refractivity contribution in [3.63, 3.8) is 0 Å². The summed E-state index contributed by atoms with van der Waals surface area (Å²) in [4.78, 5) is 0. The van der Waals surface area contributed by atoms with Gasteiger partial charge >= 0.3 is 55.6 Å².